The third-order valence-corrected chi connectivity index (χ3v) is 9.95. The van der Waals surface area contributed by atoms with Crippen molar-refractivity contribution in [1.82, 2.24) is 15.1 Å². The lowest BCUT2D eigenvalue weighted by molar-refractivity contribution is -0.139. The monoisotopic (exact) mass is 554 g/mol. The number of ether oxygens (including phenoxy) is 1. The highest BCUT2D eigenvalue weighted by Gasteiger charge is 2.40. The van der Waals surface area contributed by atoms with Gasteiger partial charge >= 0.3 is 6.09 Å². The van der Waals surface area contributed by atoms with E-state index in [0.717, 1.165) is 13.1 Å². The number of hydrogen-bond donors (Lipinski definition) is 2. The zero-order valence-corrected chi connectivity index (χ0v) is 22.9. The summed E-state index contributed by atoms with van der Waals surface area (Å²) in [4.78, 5) is 27.2. The predicted molar refractivity (Wildman–Crippen MR) is 138 cm³/mol. The van der Waals surface area contributed by atoms with Gasteiger partial charge in [0.15, 0.2) is 9.84 Å². The molecule has 2 atom stereocenters. The Morgan fingerprint density at radius 2 is 1.84 bits per heavy atom. The van der Waals surface area contributed by atoms with Gasteiger partial charge in [0.2, 0.25) is 5.91 Å². The fraction of sp³-hybridized carbons (Fsp3) is 0.640. The van der Waals surface area contributed by atoms with Crippen LogP contribution in [0.15, 0.2) is 23.1 Å². The zero-order chi connectivity index (χ0) is 27.2. The number of hydrogen-bond acceptors (Lipinski definition) is 7. The summed E-state index contributed by atoms with van der Waals surface area (Å²) in [6.07, 6.45) is 1.57. The Morgan fingerprint density at radius 3 is 2.41 bits per heavy atom. The van der Waals surface area contributed by atoms with E-state index in [1.165, 1.54) is 0 Å². The summed E-state index contributed by atoms with van der Waals surface area (Å²) in [6, 6.07) is 6.89. The first-order valence-corrected chi connectivity index (χ1v) is 14.4. The van der Waals surface area contributed by atoms with Crippen molar-refractivity contribution in [3.63, 3.8) is 0 Å². The zero-order valence-electron chi connectivity index (χ0n) is 21.3. The van der Waals surface area contributed by atoms with Crippen LogP contribution < -0.4 is 5.32 Å². The molecule has 1 saturated carbocycles. The number of carbonyl (C=O) groups excluding carboxylic acids is 1. The number of amides is 2. The van der Waals surface area contributed by atoms with E-state index in [-0.39, 0.29) is 11.8 Å². The Hall–Kier alpha value is -2.39. The molecule has 3 fully saturated rings. The summed E-state index contributed by atoms with van der Waals surface area (Å²) in [5, 5.41) is 19.8. The molecule has 37 heavy (non-hydrogen) atoms. The second-order valence-electron chi connectivity index (χ2n) is 9.95. The van der Waals surface area contributed by atoms with Crippen molar-refractivity contribution >= 4 is 33.4 Å². The lowest BCUT2D eigenvalue weighted by atomic mass is 9.89. The van der Waals surface area contributed by atoms with Crippen LogP contribution in [0.25, 0.3) is 0 Å². The molecular formula is C25H35ClN4O6S. The minimum absolute atomic E-state index is 0.0730. The number of nitrogens with one attached hydrogen (secondary N) is 1. The van der Waals surface area contributed by atoms with Crippen LogP contribution >= 0.6 is 11.6 Å². The van der Waals surface area contributed by atoms with Gasteiger partial charge in [-0.25, -0.2) is 13.2 Å². The first-order chi connectivity index (χ1) is 17.5. The normalized spacial score (nSPS) is 23.9. The van der Waals surface area contributed by atoms with E-state index in [1.54, 1.807) is 30.0 Å². The minimum atomic E-state index is -3.44. The van der Waals surface area contributed by atoms with Crippen LogP contribution in [0, 0.1) is 24.2 Å². The SMILES string of the molecule is CN1CCC(C#N)(NC(=O)O)CC1.Cc1cc(Cl)ccc1S(=O)(=O)[C@@H]1CC[C@@H](C(=O)N2CCOCC2)C1. The molecule has 0 spiro atoms. The van der Waals surface area contributed by atoms with Gasteiger partial charge in [0.1, 0.15) is 5.54 Å². The highest BCUT2D eigenvalue weighted by atomic mass is 35.5. The van der Waals surface area contributed by atoms with E-state index in [4.69, 9.17) is 26.7 Å². The van der Waals surface area contributed by atoms with Crippen LogP contribution in [0.2, 0.25) is 5.02 Å². The van der Waals surface area contributed by atoms with E-state index in [0.29, 0.717) is 73.9 Å². The Morgan fingerprint density at radius 1 is 1.19 bits per heavy atom. The first kappa shape index (κ1) is 29.2. The van der Waals surface area contributed by atoms with Gasteiger partial charge in [-0.1, -0.05) is 11.6 Å². The summed E-state index contributed by atoms with van der Waals surface area (Å²) >= 11 is 5.92. The number of rotatable bonds is 4. The quantitative estimate of drug-likeness (QED) is 0.579. The number of halogens is 1. The van der Waals surface area contributed by atoms with Crippen molar-refractivity contribution in [2.45, 2.75) is 54.7 Å². The molecule has 10 nitrogen and oxygen atoms in total. The van der Waals surface area contributed by atoms with Crippen LogP contribution in [0.4, 0.5) is 4.79 Å². The minimum Gasteiger partial charge on any atom is -0.465 e. The largest absolute Gasteiger partial charge is 0.465 e. The van der Waals surface area contributed by atoms with E-state index in [1.807, 2.05) is 7.05 Å². The van der Waals surface area contributed by atoms with Crippen LogP contribution in [0.3, 0.4) is 0 Å². The van der Waals surface area contributed by atoms with Gasteiger partial charge in [-0.05, 0) is 69.8 Å². The molecule has 2 heterocycles. The number of nitriles is 1. The number of carbonyl (C=O) groups is 2. The van der Waals surface area contributed by atoms with E-state index >= 15 is 0 Å². The molecule has 0 bridgehead atoms. The summed E-state index contributed by atoms with van der Waals surface area (Å²) < 4.78 is 31.1. The summed E-state index contributed by atoms with van der Waals surface area (Å²) in [5.74, 6) is -0.126. The van der Waals surface area contributed by atoms with Crippen molar-refractivity contribution in [2.24, 2.45) is 5.92 Å². The molecule has 2 N–H and O–H groups in total. The summed E-state index contributed by atoms with van der Waals surface area (Å²) in [6.45, 7) is 5.59. The summed E-state index contributed by atoms with van der Waals surface area (Å²) in [7, 11) is -1.48. The van der Waals surface area contributed by atoms with Crippen LogP contribution in [0.5, 0.6) is 0 Å². The molecule has 3 aliphatic rings. The second kappa shape index (κ2) is 12.4. The molecule has 2 saturated heterocycles. The highest BCUT2D eigenvalue weighted by molar-refractivity contribution is 7.92. The Labute approximate surface area is 223 Å². The molecule has 2 amide bonds. The molecule has 2 aliphatic heterocycles. The Balaban J connectivity index is 0.000000248. The van der Waals surface area contributed by atoms with Crippen LogP contribution in [-0.2, 0) is 19.4 Å². The van der Waals surface area contributed by atoms with Gasteiger partial charge in [0, 0.05) is 37.1 Å². The van der Waals surface area contributed by atoms with Crippen LogP contribution in [0.1, 0.15) is 37.7 Å². The fourth-order valence-electron chi connectivity index (χ4n) is 5.07. The van der Waals surface area contributed by atoms with Gasteiger partial charge in [0.25, 0.3) is 0 Å². The number of sulfone groups is 1. The first-order valence-electron chi connectivity index (χ1n) is 12.4. The van der Waals surface area contributed by atoms with Gasteiger partial charge in [-0.2, -0.15) is 5.26 Å². The molecule has 0 aromatic heterocycles. The van der Waals surface area contributed by atoms with Gasteiger partial charge in [0.05, 0.1) is 29.4 Å². The van der Waals surface area contributed by atoms with Gasteiger partial charge in [-0.15, -0.1) is 0 Å². The topological polar surface area (TPSA) is 140 Å². The van der Waals surface area contributed by atoms with Gasteiger partial charge in [-0.3, -0.25) is 4.79 Å². The van der Waals surface area contributed by atoms with Crippen molar-refractivity contribution in [1.29, 1.82) is 5.26 Å². The summed E-state index contributed by atoms with van der Waals surface area (Å²) in [5.41, 5.74) is -0.205. The Bertz CT molecular complexity index is 1120. The highest BCUT2D eigenvalue weighted by Crippen LogP contribution is 2.36. The van der Waals surface area contributed by atoms with E-state index in [2.05, 4.69) is 16.3 Å². The molecular weight excluding hydrogens is 520 g/mol. The van der Waals surface area contributed by atoms with Crippen LogP contribution in [-0.4, -0.2) is 92.6 Å². The van der Waals surface area contributed by atoms with E-state index < -0.39 is 26.7 Å². The maximum absolute atomic E-state index is 12.9. The number of aryl methyl sites for hydroxylation is 1. The van der Waals surface area contributed by atoms with Crippen molar-refractivity contribution in [2.75, 3.05) is 46.4 Å². The molecule has 204 valence electrons. The lowest BCUT2D eigenvalue weighted by Gasteiger charge is -2.34. The predicted octanol–water partition coefficient (Wildman–Crippen LogP) is 2.69. The number of benzene rings is 1. The average molecular weight is 555 g/mol. The second-order valence-corrected chi connectivity index (χ2v) is 12.6. The third-order valence-electron chi connectivity index (χ3n) is 7.34. The molecule has 1 aromatic carbocycles. The Kier molecular flexibility index (Phi) is 9.80. The fourth-order valence-corrected chi connectivity index (χ4v) is 7.35. The maximum atomic E-state index is 12.9. The van der Waals surface area contributed by atoms with E-state index in [9.17, 15) is 18.0 Å². The molecule has 0 unspecified atom stereocenters. The smallest absolute Gasteiger partial charge is 0.405 e. The van der Waals surface area contributed by atoms with Crippen molar-refractivity contribution < 1.29 is 27.9 Å². The molecule has 12 heteroatoms. The number of carboxylic acid groups (broad SMARTS) is 1. The third kappa shape index (κ3) is 7.35. The number of likely N-dealkylation sites (tertiary alicyclic amines) is 1. The molecule has 0 radical (unpaired) electrons. The van der Waals surface area contributed by atoms with Crippen molar-refractivity contribution in [3.05, 3.63) is 28.8 Å². The van der Waals surface area contributed by atoms with Crippen molar-refractivity contribution in [3.8, 4) is 6.07 Å². The lowest BCUT2D eigenvalue weighted by Crippen LogP contribution is -2.53. The van der Waals surface area contributed by atoms with Gasteiger partial charge < -0.3 is 25.0 Å². The number of nitrogens with zero attached hydrogens (tertiary/aromatic N) is 3. The molecule has 4 rings (SSSR count). The molecule has 1 aliphatic carbocycles. The molecule has 1 aromatic rings. The number of morpholine rings is 1. The average Bonchev–Trinajstić information content (AvgIpc) is 3.37. The maximum Gasteiger partial charge on any atom is 0.405 e. The number of piperidine rings is 1. The standard InChI is InChI=1S/C17H22ClNO4S.C8H13N3O2/c1-12-10-14(18)3-5-16(12)24(21,22)15-4-2-13(11-15)17(20)19-6-8-23-9-7-19;1-11-4-2-8(6-9,3-5-11)10-7(12)13/h3,5,10,13,15H,2,4,6-9,11H2,1H3;10H,2-5H2,1H3,(H,12,13)/t13-,15-;/m1./s1.